The Morgan fingerprint density at radius 1 is 1.23 bits per heavy atom. The van der Waals surface area contributed by atoms with E-state index in [1.165, 1.54) is 29.7 Å². The fourth-order valence-electron chi connectivity index (χ4n) is 4.51. The molecule has 0 N–H and O–H groups in total. The minimum atomic E-state index is 0.292. The smallest absolute Gasteiger partial charge is 0.231 e. The number of hydrogen-bond donors (Lipinski definition) is 0. The van der Waals surface area contributed by atoms with Crippen molar-refractivity contribution in [2.24, 2.45) is 0 Å². The van der Waals surface area contributed by atoms with Crippen LogP contribution >= 0.6 is 0 Å². The van der Waals surface area contributed by atoms with Crippen molar-refractivity contribution in [2.75, 3.05) is 13.4 Å². The summed E-state index contributed by atoms with van der Waals surface area (Å²) in [5.74, 6) is 2.54. The van der Waals surface area contributed by atoms with Crippen molar-refractivity contribution in [2.45, 2.75) is 51.2 Å². The van der Waals surface area contributed by atoms with Gasteiger partial charge in [-0.05, 0) is 37.0 Å². The summed E-state index contributed by atoms with van der Waals surface area (Å²) in [6.45, 7) is 4.01. The molecule has 3 aliphatic heterocycles. The van der Waals surface area contributed by atoms with E-state index in [0.29, 0.717) is 25.5 Å². The fourth-order valence-corrected chi connectivity index (χ4v) is 4.51. The van der Waals surface area contributed by atoms with Gasteiger partial charge in [0.1, 0.15) is 5.75 Å². The van der Waals surface area contributed by atoms with Crippen LogP contribution < -0.4 is 14.2 Å². The number of rotatable bonds is 5. The highest BCUT2D eigenvalue weighted by atomic mass is 16.7. The predicted octanol–water partition coefficient (Wildman–Crippen LogP) is 3.86. The minimum absolute atomic E-state index is 0.292. The molecule has 2 aromatic rings. The summed E-state index contributed by atoms with van der Waals surface area (Å²) < 4.78 is 17.2. The maximum atomic E-state index is 6.04. The van der Waals surface area contributed by atoms with Gasteiger partial charge in [-0.3, -0.25) is 9.88 Å². The van der Waals surface area contributed by atoms with Crippen LogP contribution in [0.5, 0.6) is 17.2 Å². The van der Waals surface area contributed by atoms with E-state index < -0.39 is 0 Å². The number of aromatic nitrogens is 1. The molecule has 0 saturated carbocycles. The van der Waals surface area contributed by atoms with Gasteiger partial charge in [-0.25, -0.2) is 0 Å². The Morgan fingerprint density at radius 3 is 3.00 bits per heavy atom. The van der Waals surface area contributed by atoms with Crippen LogP contribution in [0, 0.1) is 0 Å². The summed E-state index contributed by atoms with van der Waals surface area (Å²) in [6.07, 6.45) is 6.39. The third kappa shape index (κ3) is 2.62. The van der Waals surface area contributed by atoms with Crippen LogP contribution in [0.25, 0.3) is 0 Å². The van der Waals surface area contributed by atoms with Crippen molar-refractivity contribution in [3.05, 3.63) is 47.3 Å². The van der Waals surface area contributed by atoms with E-state index in [2.05, 4.69) is 35.0 Å². The lowest BCUT2D eigenvalue weighted by molar-refractivity contribution is 0.163. The lowest BCUT2D eigenvalue weighted by atomic mass is 9.97. The molecule has 3 aliphatic rings. The first-order chi connectivity index (χ1) is 12.8. The third-order valence-corrected chi connectivity index (χ3v) is 5.73. The van der Waals surface area contributed by atoms with Gasteiger partial charge in [0.15, 0.2) is 11.5 Å². The van der Waals surface area contributed by atoms with E-state index >= 15 is 0 Å². The average Bonchev–Trinajstić information content (AvgIpc) is 3.22. The number of ether oxygens (including phenoxy) is 3. The van der Waals surface area contributed by atoms with Crippen molar-refractivity contribution >= 4 is 0 Å². The molecule has 2 atom stereocenters. The van der Waals surface area contributed by atoms with E-state index in [1.807, 2.05) is 12.3 Å². The summed E-state index contributed by atoms with van der Waals surface area (Å²) >= 11 is 0. The molecule has 5 nitrogen and oxygen atoms in total. The second kappa shape index (κ2) is 6.47. The molecule has 1 aromatic heterocycles. The number of benzene rings is 1. The predicted molar refractivity (Wildman–Crippen MR) is 97.6 cm³/mol. The lowest BCUT2D eigenvalue weighted by Gasteiger charge is -2.36. The molecule has 1 aromatic carbocycles. The van der Waals surface area contributed by atoms with Crippen LogP contribution in [0.1, 0.15) is 49.0 Å². The van der Waals surface area contributed by atoms with Gasteiger partial charge in [0.25, 0.3) is 0 Å². The number of pyridine rings is 1. The molecule has 0 amide bonds. The molecule has 1 saturated heterocycles. The van der Waals surface area contributed by atoms with Crippen molar-refractivity contribution in [3.63, 3.8) is 0 Å². The summed E-state index contributed by atoms with van der Waals surface area (Å²) in [7, 11) is 0. The van der Waals surface area contributed by atoms with Crippen LogP contribution in [0.3, 0.4) is 0 Å². The average molecular weight is 352 g/mol. The largest absolute Gasteiger partial charge is 0.493 e. The Bertz CT molecular complexity index is 823. The Labute approximate surface area is 153 Å². The molecule has 5 heteroatoms. The van der Waals surface area contributed by atoms with E-state index in [4.69, 9.17) is 14.2 Å². The molecule has 0 spiro atoms. The van der Waals surface area contributed by atoms with Crippen molar-refractivity contribution in [3.8, 4) is 17.2 Å². The second-order valence-corrected chi connectivity index (χ2v) is 7.32. The summed E-state index contributed by atoms with van der Waals surface area (Å²) in [5.41, 5.74) is 3.87. The first-order valence-electron chi connectivity index (χ1n) is 9.58. The monoisotopic (exact) mass is 352 g/mol. The number of hydrogen-bond acceptors (Lipinski definition) is 5. The van der Waals surface area contributed by atoms with Gasteiger partial charge in [0, 0.05) is 48.6 Å². The van der Waals surface area contributed by atoms with Crippen LogP contribution in [-0.4, -0.2) is 29.3 Å². The summed E-state index contributed by atoms with van der Waals surface area (Å²) in [6, 6.07) is 9.43. The topological polar surface area (TPSA) is 43.8 Å². The zero-order chi connectivity index (χ0) is 17.5. The molecule has 0 aliphatic carbocycles. The first-order valence-corrected chi connectivity index (χ1v) is 9.58. The minimum Gasteiger partial charge on any atom is -0.493 e. The molecule has 5 rings (SSSR count). The molecule has 4 heterocycles. The Kier molecular flexibility index (Phi) is 3.97. The van der Waals surface area contributed by atoms with Gasteiger partial charge in [-0.15, -0.1) is 0 Å². The van der Waals surface area contributed by atoms with Crippen LogP contribution in [0.15, 0.2) is 30.5 Å². The highest BCUT2D eigenvalue weighted by molar-refractivity contribution is 5.52. The van der Waals surface area contributed by atoms with E-state index in [1.54, 1.807) is 0 Å². The first kappa shape index (κ1) is 15.9. The zero-order valence-electron chi connectivity index (χ0n) is 15.1. The van der Waals surface area contributed by atoms with Gasteiger partial charge in [0.05, 0.1) is 6.61 Å². The highest BCUT2D eigenvalue weighted by Crippen LogP contribution is 2.46. The van der Waals surface area contributed by atoms with Gasteiger partial charge in [0.2, 0.25) is 6.79 Å². The number of nitrogens with zero attached hydrogens (tertiary/aromatic N) is 2. The van der Waals surface area contributed by atoms with E-state index in [9.17, 15) is 0 Å². The molecular weight excluding hydrogens is 328 g/mol. The van der Waals surface area contributed by atoms with Gasteiger partial charge in [-0.1, -0.05) is 13.0 Å². The van der Waals surface area contributed by atoms with Gasteiger partial charge >= 0.3 is 0 Å². The maximum Gasteiger partial charge on any atom is 0.231 e. The summed E-state index contributed by atoms with van der Waals surface area (Å²) in [5, 5.41) is 0. The van der Waals surface area contributed by atoms with Crippen LogP contribution in [0.4, 0.5) is 0 Å². The molecule has 26 heavy (non-hydrogen) atoms. The lowest BCUT2D eigenvalue weighted by Crippen LogP contribution is -2.37. The molecule has 1 fully saturated rings. The van der Waals surface area contributed by atoms with E-state index in [0.717, 1.165) is 36.6 Å². The molecule has 136 valence electrons. The molecular formula is C21H24N2O3. The fraction of sp³-hybridized carbons (Fsp3) is 0.476. The van der Waals surface area contributed by atoms with Crippen molar-refractivity contribution < 1.29 is 14.2 Å². The van der Waals surface area contributed by atoms with Crippen LogP contribution in [0.2, 0.25) is 0 Å². The molecule has 2 bridgehead atoms. The molecule has 0 radical (unpaired) electrons. The Hall–Kier alpha value is -2.27. The highest BCUT2D eigenvalue weighted by Gasteiger charge is 2.40. The van der Waals surface area contributed by atoms with Crippen LogP contribution in [-0.2, 0) is 13.0 Å². The third-order valence-electron chi connectivity index (χ3n) is 5.73. The van der Waals surface area contributed by atoms with E-state index in [-0.39, 0.29) is 0 Å². The normalized spacial score (nSPS) is 23.1. The van der Waals surface area contributed by atoms with Gasteiger partial charge in [-0.2, -0.15) is 0 Å². The maximum absolute atomic E-state index is 6.04. The number of fused-ring (bicyclic) bond motifs is 5. The van der Waals surface area contributed by atoms with Crippen molar-refractivity contribution in [1.29, 1.82) is 0 Å². The van der Waals surface area contributed by atoms with Crippen molar-refractivity contribution in [1.82, 2.24) is 9.88 Å². The standard InChI is InChI=1S/C21H24N2O3/c1-2-8-24-19-11-21-20(25-13-26-21)9-14(19)12-23-15-5-6-18(23)16-4-3-7-22-17(16)10-15/h3-4,7,9,11,15,18H,2,5-6,8,10,12-13H2,1H3. The Balaban J connectivity index is 1.46. The quantitative estimate of drug-likeness (QED) is 0.817. The van der Waals surface area contributed by atoms with Gasteiger partial charge < -0.3 is 14.2 Å². The zero-order valence-corrected chi connectivity index (χ0v) is 15.1. The SMILES string of the molecule is CCCOc1cc2c(cc1CN1C3CCC1c1cccnc1C3)OCO2. The summed E-state index contributed by atoms with van der Waals surface area (Å²) in [4.78, 5) is 7.24. The molecule has 2 unspecified atom stereocenters. The Morgan fingerprint density at radius 2 is 2.12 bits per heavy atom. The second-order valence-electron chi connectivity index (χ2n) is 7.32.